The number of benzene rings is 3. The SMILES string of the molecule is CCOc1ccc(C(=O)Nc2ccc(Cl)cc2C(=O)c2ccccc2)cc1COC. The zero-order chi connectivity index (χ0) is 21.5. The van der Waals surface area contributed by atoms with Crippen LogP contribution in [-0.2, 0) is 11.3 Å². The average molecular weight is 424 g/mol. The highest BCUT2D eigenvalue weighted by atomic mass is 35.5. The van der Waals surface area contributed by atoms with E-state index in [9.17, 15) is 9.59 Å². The van der Waals surface area contributed by atoms with Gasteiger partial charge in [-0.2, -0.15) is 0 Å². The number of ether oxygens (including phenoxy) is 2. The van der Waals surface area contributed by atoms with Gasteiger partial charge in [0.25, 0.3) is 5.91 Å². The number of hydrogen-bond acceptors (Lipinski definition) is 4. The molecule has 30 heavy (non-hydrogen) atoms. The van der Waals surface area contributed by atoms with Crippen molar-refractivity contribution in [2.24, 2.45) is 0 Å². The Bertz CT molecular complexity index is 1050. The monoisotopic (exact) mass is 423 g/mol. The molecule has 0 aromatic heterocycles. The Morgan fingerprint density at radius 3 is 2.43 bits per heavy atom. The minimum atomic E-state index is -0.347. The maximum atomic E-state index is 13.0. The Morgan fingerprint density at radius 2 is 1.73 bits per heavy atom. The van der Waals surface area contributed by atoms with E-state index in [-0.39, 0.29) is 11.7 Å². The fourth-order valence-corrected chi connectivity index (χ4v) is 3.21. The van der Waals surface area contributed by atoms with Crippen molar-refractivity contribution in [1.29, 1.82) is 0 Å². The number of hydrogen-bond donors (Lipinski definition) is 1. The quantitative estimate of drug-likeness (QED) is 0.495. The molecule has 0 radical (unpaired) electrons. The predicted octanol–water partition coefficient (Wildman–Crippen LogP) is 5.37. The van der Waals surface area contributed by atoms with Crippen molar-refractivity contribution >= 4 is 29.0 Å². The third-order valence-electron chi connectivity index (χ3n) is 4.43. The number of methoxy groups -OCH3 is 1. The van der Waals surface area contributed by atoms with E-state index < -0.39 is 0 Å². The van der Waals surface area contributed by atoms with Crippen LogP contribution in [0.25, 0.3) is 0 Å². The maximum absolute atomic E-state index is 13.0. The summed E-state index contributed by atoms with van der Waals surface area (Å²) >= 11 is 6.11. The molecule has 0 aliphatic carbocycles. The van der Waals surface area contributed by atoms with Gasteiger partial charge in [-0.3, -0.25) is 9.59 Å². The lowest BCUT2D eigenvalue weighted by Crippen LogP contribution is -2.16. The van der Waals surface area contributed by atoms with Crippen LogP contribution in [0.5, 0.6) is 5.75 Å². The molecular weight excluding hydrogens is 402 g/mol. The summed E-state index contributed by atoms with van der Waals surface area (Å²) in [5, 5.41) is 3.24. The lowest BCUT2D eigenvalue weighted by Gasteiger charge is -2.14. The van der Waals surface area contributed by atoms with Crippen molar-refractivity contribution < 1.29 is 19.1 Å². The minimum Gasteiger partial charge on any atom is -0.494 e. The van der Waals surface area contributed by atoms with E-state index >= 15 is 0 Å². The number of halogens is 1. The number of carbonyl (C=O) groups excluding carboxylic acids is 2. The number of rotatable bonds is 8. The van der Waals surface area contributed by atoms with Crippen molar-refractivity contribution in [2.45, 2.75) is 13.5 Å². The third-order valence-corrected chi connectivity index (χ3v) is 4.67. The van der Waals surface area contributed by atoms with Gasteiger partial charge in [0.05, 0.1) is 18.9 Å². The molecule has 6 heteroatoms. The molecule has 0 atom stereocenters. The Kier molecular flexibility index (Phi) is 7.22. The number of anilines is 1. The van der Waals surface area contributed by atoms with Crippen LogP contribution in [-0.4, -0.2) is 25.4 Å². The maximum Gasteiger partial charge on any atom is 0.255 e. The van der Waals surface area contributed by atoms with E-state index in [0.717, 1.165) is 5.56 Å². The first-order chi connectivity index (χ1) is 14.5. The zero-order valence-corrected chi connectivity index (χ0v) is 17.5. The predicted molar refractivity (Wildman–Crippen MR) is 118 cm³/mol. The smallest absolute Gasteiger partial charge is 0.255 e. The summed E-state index contributed by atoms with van der Waals surface area (Å²) in [6, 6.07) is 18.8. The summed E-state index contributed by atoms with van der Waals surface area (Å²) in [4.78, 5) is 25.8. The van der Waals surface area contributed by atoms with Crippen LogP contribution < -0.4 is 10.1 Å². The number of carbonyl (C=O) groups is 2. The highest BCUT2D eigenvalue weighted by Crippen LogP contribution is 2.26. The minimum absolute atomic E-state index is 0.222. The molecule has 0 unspecified atom stereocenters. The van der Waals surface area contributed by atoms with Gasteiger partial charge in [0.1, 0.15) is 5.75 Å². The average Bonchev–Trinajstić information content (AvgIpc) is 2.76. The van der Waals surface area contributed by atoms with Gasteiger partial charge < -0.3 is 14.8 Å². The van der Waals surface area contributed by atoms with Crippen molar-refractivity contribution in [3.8, 4) is 5.75 Å². The van der Waals surface area contributed by atoms with Gasteiger partial charge >= 0.3 is 0 Å². The van der Waals surface area contributed by atoms with Crippen molar-refractivity contribution in [2.75, 3.05) is 19.0 Å². The van der Waals surface area contributed by atoms with Gasteiger partial charge in [0, 0.05) is 34.4 Å². The highest BCUT2D eigenvalue weighted by molar-refractivity contribution is 6.31. The molecule has 0 bridgehead atoms. The largest absolute Gasteiger partial charge is 0.494 e. The standard InChI is InChI=1S/C24H22ClNO4/c1-3-30-22-12-9-17(13-18(22)15-29-2)24(28)26-21-11-10-19(25)14-20(21)23(27)16-7-5-4-6-8-16/h4-14H,3,15H2,1-2H3,(H,26,28). The summed E-state index contributed by atoms with van der Waals surface area (Å²) in [6.07, 6.45) is 0. The van der Waals surface area contributed by atoms with E-state index in [1.807, 2.05) is 13.0 Å². The number of amides is 1. The van der Waals surface area contributed by atoms with Crippen molar-refractivity contribution in [3.63, 3.8) is 0 Å². The Labute approximate surface area is 180 Å². The van der Waals surface area contributed by atoms with Gasteiger partial charge in [0.15, 0.2) is 5.78 Å². The van der Waals surface area contributed by atoms with Crippen LogP contribution >= 0.6 is 11.6 Å². The summed E-state index contributed by atoms with van der Waals surface area (Å²) in [6.45, 7) is 2.72. The second-order valence-corrected chi connectivity index (χ2v) is 6.96. The molecule has 0 saturated heterocycles. The normalized spacial score (nSPS) is 10.5. The molecular formula is C24H22ClNO4. The van der Waals surface area contributed by atoms with Crippen LogP contribution in [0, 0.1) is 0 Å². The molecule has 0 aliphatic heterocycles. The molecule has 5 nitrogen and oxygen atoms in total. The van der Waals surface area contributed by atoms with E-state index in [0.29, 0.717) is 46.4 Å². The molecule has 1 N–H and O–H groups in total. The summed E-state index contributed by atoms with van der Waals surface area (Å²) in [7, 11) is 1.58. The fourth-order valence-electron chi connectivity index (χ4n) is 3.04. The van der Waals surface area contributed by atoms with Crippen LogP contribution in [0.3, 0.4) is 0 Å². The van der Waals surface area contributed by atoms with Gasteiger partial charge in [-0.1, -0.05) is 41.9 Å². The van der Waals surface area contributed by atoms with E-state index in [4.69, 9.17) is 21.1 Å². The lowest BCUT2D eigenvalue weighted by atomic mass is 10.0. The van der Waals surface area contributed by atoms with Crippen LogP contribution in [0.15, 0.2) is 66.7 Å². The van der Waals surface area contributed by atoms with Gasteiger partial charge in [-0.25, -0.2) is 0 Å². The van der Waals surface area contributed by atoms with Crippen LogP contribution in [0.2, 0.25) is 5.02 Å². The third kappa shape index (κ3) is 5.06. The Hall–Kier alpha value is -3.15. The van der Waals surface area contributed by atoms with Gasteiger partial charge in [-0.05, 0) is 43.3 Å². The van der Waals surface area contributed by atoms with E-state index in [2.05, 4.69) is 5.32 Å². The first-order valence-corrected chi connectivity index (χ1v) is 9.86. The van der Waals surface area contributed by atoms with Crippen LogP contribution in [0.4, 0.5) is 5.69 Å². The Morgan fingerprint density at radius 1 is 0.967 bits per heavy atom. The second kappa shape index (κ2) is 10.1. The summed E-state index contributed by atoms with van der Waals surface area (Å²) < 4.78 is 10.8. The highest BCUT2D eigenvalue weighted by Gasteiger charge is 2.17. The fraction of sp³-hybridized carbons (Fsp3) is 0.167. The van der Waals surface area contributed by atoms with E-state index in [1.54, 1.807) is 67.8 Å². The molecule has 0 aliphatic rings. The zero-order valence-electron chi connectivity index (χ0n) is 16.8. The molecule has 3 rings (SSSR count). The van der Waals surface area contributed by atoms with Gasteiger partial charge in [-0.15, -0.1) is 0 Å². The lowest BCUT2D eigenvalue weighted by molar-refractivity contribution is 0.102. The molecule has 0 heterocycles. The first kappa shape index (κ1) is 21.6. The molecule has 0 spiro atoms. The first-order valence-electron chi connectivity index (χ1n) is 9.48. The van der Waals surface area contributed by atoms with Crippen molar-refractivity contribution in [1.82, 2.24) is 0 Å². The molecule has 3 aromatic carbocycles. The summed E-state index contributed by atoms with van der Waals surface area (Å²) in [5.41, 5.74) is 2.42. The second-order valence-electron chi connectivity index (χ2n) is 6.53. The van der Waals surface area contributed by atoms with Gasteiger partial charge in [0.2, 0.25) is 0 Å². The summed E-state index contributed by atoms with van der Waals surface area (Å²) in [5.74, 6) is 0.0994. The molecule has 1 amide bonds. The molecule has 3 aromatic rings. The molecule has 0 fully saturated rings. The molecule has 154 valence electrons. The Balaban J connectivity index is 1.90. The molecule has 0 saturated carbocycles. The topological polar surface area (TPSA) is 64.6 Å². The number of nitrogens with one attached hydrogen (secondary N) is 1. The van der Waals surface area contributed by atoms with E-state index in [1.165, 1.54) is 0 Å². The number of ketones is 1. The van der Waals surface area contributed by atoms with Crippen LogP contribution in [0.1, 0.15) is 38.8 Å². The van der Waals surface area contributed by atoms with Crippen molar-refractivity contribution in [3.05, 3.63) is 94.0 Å².